The van der Waals surface area contributed by atoms with Crippen LogP contribution in [0, 0.1) is 5.41 Å². The summed E-state index contributed by atoms with van der Waals surface area (Å²) in [4.78, 5) is 21.8. The van der Waals surface area contributed by atoms with E-state index in [0.717, 1.165) is 55.9 Å². The van der Waals surface area contributed by atoms with Crippen molar-refractivity contribution in [2.45, 2.75) is 32.2 Å². The Morgan fingerprint density at radius 3 is 3.00 bits per heavy atom. The molecule has 0 unspecified atom stereocenters. The second kappa shape index (κ2) is 6.79. The Morgan fingerprint density at radius 1 is 1.26 bits per heavy atom. The first-order chi connectivity index (χ1) is 15.0. The fraction of sp³-hybridized carbons (Fsp3) is 0.458. The van der Waals surface area contributed by atoms with E-state index in [4.69, 9.17) is 0 Å². The molecule has 0 radical (unpaired) electrons. The Hall–Kier alpha value is -2.93. The van der Waals surface area contributed by atoms with Crippen LogP contribution < -0.4 is 15.1 Å². The van der Waals surface area contributed by atoms with Crippen LogP contribution in [0.15, 0.2) is 36.7 Å². The van der Waals surface area contributed by atoms with Crippen LogP contribution in [-0.2, 0) is 18.4 Å². The van der Waals surface area contributed by atoms with Gasteiger partial charge in [-0.25, -0.2) is 4.98 Å². The molecule has 2 fully saturated rings. The molecule has 1 N–H and O–H groups in total. The van der Waals surface area contributed by atoms with Gasteiger partial charge in [-0.05, 0) is 48.2 Å². The molecule has 2 aromatic heterocycles. The number of benzene rings is 1. The minimum Gasteiger partial charge on any atom is -0.366 e. The SMILES string of the molecule is C[C@H]1CN(c2ccnc3c2cnn3C)Cc2ccc(N3C[C@@]4(CCNC4)CC3=O)cc21. The number of fused-ring (bicyclic) bond motifs is 2. The maximum atomic E-state index is 12.8. The van der Waals surface area contributed by atoms with Crippen molar-refractivity contribution in [1.82, 2.24) is 20.1 Å². The van der Waals surface area contributed by atoms with Gasteiger partial charge >= 0.3 is 0 Å². The van der Waals surface area contributed by atoms with Crippen LogP contribution in [0.1, 0.15) is 36.8 Å². The highest BCUT2D eigenvalue weighted by molar-refractivity contribution is 5.96. The molecule has 160 valence electrons. The molecule has 2 atom stereocenters. The monoisotopic (exact) mass is 416 g/mol. The summed E-state index contributed by atoms with van der Waals surface area (Å²) in [5, 5.41) is 8.93. The lowest BCUT2D eigenvalue weighted by Crippen LogP contribution is -2.33. The normalized spacial score (nSPS) is 25.7. The smallest absolute Gasteiger partial charge is 0.227 e. The molecule has 5 heterocycles. The molecular formula is C24H28N6O. The van der Waals surface area contributed by atoms with Gasteiger partial charge in [-0.15, -0.1) is 0 Å². The van der Waals surface area contributed by atoms with Gasteiger partial charge in [-0.1, -0.05) is 13.0 Å². The molecule has 6 rings (SSSR count). The Morgan fingerprint density at radius 2 is 2.16 bits per heavy atom. The molecule has 3 aliphatic heterocycles. The number of nitrogens with one attached hydrogen (secondary N) is 1. The second-order valence-corrected chi connectivity index (χ2v) is 9.58. The fourth-order valence-corrected chi connectivity index (χ4v) is 5.76. The number of aryl methyl sites for hydroxylation is 1. The molecule has 0 bridgehead atoms. The van der Waals surface area contributed by atoms with Gasteiger partial charge in [-0.2, -0.15) is 5.10 Å². The average molecular weight is 417 g/mol. The summed E-state index contributed by atoms with van der Waals surface area (Å²) in [6, 6.07) is 8.72. The van der Waals surface area contributed by atoms with Gasteiger partial charge in [0.2, 0.25) is 5.91 Å². The number of pyridine rings is 1. The van der Waals surface area contributed by atoms with Crippen LogP contribution in [0.4, 0.5) is 11.4 Å². The van der Waals surface area contributed by atoms with E-state index in [1.807, 2.05) is 29.0 Å². The van der Waals surface area contributed by atoms with Gasteiger partial charge < -0.3 is 15.1 Å². The average Bonchev–Trinajstić information content (AvgIpc) is 3.47. The fourth-order valence-electron chi connectivity index (χ4n) is 5.76. The quantitative estimate of drug-likeness (QED) is 0.696. The van der Waals surface area contributed by atoms with Crippen molar-refractivity contribution < 1.29 is 4.79 Å². The minimum absolute atomic E-state index is 0.131. The van der Waals surface area contributed by atoms with Crippen LogP contribution in [0.2, 0.25) is 0 Å². The summed E-state index contributed by atoms with van der Waals surface area (Å²) < 4.78 is 1.83. The van der Waals surface area contributed by atoms with Gasteiger partial charge in [0.05, 0.1) is 17.3 Å². The van der Waals surface area contributed by atoms with E-state index < -0.39 is 0 Å². The predicted octanol–water partition coefficient (Wildman–Crippen LogP) is 2.81. The maximum absolute atomic E-state index is 12.8. The summed E-state index contributed by atoms with van der Waals surface area (Å²) in [5.74, 6) is 0.646. The van der Waals surface area contributed by atoms with Crippen molar-refractivity contribution in [1.29, 1.82) is 0 Å². The van der Waals surface area contributed by atoms with Crippen LogP contribution in [0.5, 0.6) is 0 Å². The van der Waals surface area contributed by atoms with E-state index in [1.54, 1.807) is 0 Å². The minimum atomic E-state index is 0.131. The Bertz CT molecular complexity index is 1180. The maximum Gasteiger partial charge on any atom is 0.227 e. The molecule has 31 heavy (non-hydrogen) atoms. The number of nitrogens with zero attached hydrogens (tertiary/aromatic N) is 5. The van der Waals surface area contributed by atoms with E-state index in [9.17, 15) is 4.79 Å². The van der Waals surface area contributed by atoms with E-state index in [-0.39, 0.29) is 11.3 Å². The number of amides is 1. The van der Waals surface area contributed by atoms with Gasteiger partial charge in [0, 0.05) is 56.9 Å². The molecule has 1 aromatic carbocycles. The Balaban J connectivity index is 1.30. The van der Waals surface area contributed by atoms with E-state index in [1.165, 1.54) is 16.8 Å². The molecule has 7 heteroatoms. The zero-order chi connectivity index (χ0) is 21.2. The first-order valence-electron chi connectivity index (χ1n) is 11.2. The van der Waals surface area contributed by atoms with Crippen molar-refractivity contribution in [3.8, 4) is 0 Å². The zero-order valence-electron chi connectivity index (χ0n) is 18.1. The first kappa shape index (κ1) is 18.8. The second-order valence-electron chi connectivity index (χ2n) is 9.58. The zero-order valence-corrected chi connectivity index (χ0v) is 18.1. The van der Waals surface area contributed by atoms with Gasteiger partial charge in [-0.3, -0.25) is 9.48 Å². The van der Waals surface area contributed by atoms with E-state index >= 15 is 0 Å². The third kappa shape index (κ3) is 2.94. The Labute approximate surface area is 182 Å². The summed E-state index contributed by atoms with van der Waals surface area (Å²) in [7, 11) is 1.93. The lowest BCUT2D eigenvalue weighted by Gasteiger charge is -2.35. The third-order valence-electron chi connectivity index (χ3n) is 7.43. The van der Waals surface area contributed by atoms with Crippen molar-refractivity contribution >= 4 is 28.3 Å². The van der Waals surface area contributed by atoms with Crippen LogP contribution in [-0.4, -0.2) is 46.9 Å². The lowest BCUT2D eigenvalue weighted by atomic mass is 9.86. The molecule has 0 aliphatic carbocycles. The summed E-state index contributed by atoms with van der Waals surface area (Å²) in [5.41, 5.74) is 5.99. The number of carbonyl (C=O) groups is 1. The van der Waals surface area contributed by atoms with Crippen LogP contribution in [0.3, 0.4) is 0 Å². The van der Waals surface area contributed by atoms with Gasteiger partial charge in [0.1, 0.15) is 0 Å². The molecule has 1 spiro atoms. The predicted molar refractivity (Wildman–Crippen MR) is 121 cm³/mol. The van der Waals surface area contributed by atoms with Crippen molar-refractivity contribution in [3.05, 3.63) is 47.8 Å². The summed E-state index contributed by atoms with van der Waals surface area (Å²) in [6.07, 6.45) is 5.55. The third-order valence-corrected chi connectivity index (χ3v) is 7.43. The van der Waals surface area contributed by atoms with Crippen molar-refractivity contribution in [2.75, 3.05) is 36.0 Å². The topological polar surface area (TPSA) is 66.3 Å². The molecule has 1 amide bonds. The largest absolute Gasteiger partial charge is 0.366 e. The Kier molecular flexibility index (Phi) is 4.12. The molecule has 2 saturated heterocycles. The number of aromatic nitrogens is 3. The molecule has 0 saturated carbocycles. The number of anilines is 2. The standard InChI is InChI=1S/C24H28N6O/c1-16-12-29(21-5-7-26-23-20(21)11-27-28(23)2)13-17-3-4-18(9-19(16)17)30-15-24(10-22(30)31)6-8-25-14-24/h3-5,7,9,11,16,25H,6,8,10,12-15H2,1-2H3/t16-,24-/m0/s1. The molecular weight excluding hydrogens is 388 g/mol. The van der Waals surface area contributed by atoms with Crippen LogP contribution in [0.25, 0.3) is 11.0 Å². The van der Waals surface area contributed by atoms with Gasteiger partial charge in [0.15, 0.2) is 5.65 Å². The number of rotatable bonds is 2. The van der Waals surface area contributed by atoms with Gasteiger partial charge in [0.25, 0.3) is 0 Å². The van der Waals surface area contributed by atoms with Crippen LogP contribution >= 0.6 is 0 Å². The summed E-state index contributed by atoms with van der Waals surface area (Å²) in [6.45, 7) is 6.90. The molecule has 3 aromatic rings. The highest BCUT2D eigenvalue weighted by Gasteiger charge is 2.45. The molecule has 3 aliphatic rings. The highest BCUT2D eigenvalue weighted by atomic mass is 16.2. The van der Waals surface area contributed by atoms with Crippen molar-refractivity contribution in [2.24, 2.45) is 12.5 Å². The lowest BCUT2D eigenvalue weighted by molar-refractivity contribution is -0.117. The van der Waals surface area contributed by atoms with E-state index in [0.29, 0.717) is 12.3 Å². The van der Waals surface area contributed by atoms with E-state index in [2.05, 4.69) is 51.5 Å². The number of hydrogen-bond donors (Lipinski definition) is 1. The molecule has 7 nitrogen and oxygen atoms in total. The highest BCUT2D eigenvalue weighted by Crippen LogP contribution is 2.41. The van der Waals surface area contributed by atoms with Crippen molar-refractivity contribution in [3.63, 3.8) is 0 Å². The number of hydrogen-bond acceptors (Lipinski definition) is 5. The number of carbonyl (C=O) groups excluding carboxylic acids is 1. The summed E-state index contributed by atoms with van der Waals surface area (Å²) >= 11 is 0. The first-order valence-corrected chi connectivity index (χ1v) is 11.2.